The van der Waals surface area contributed by atoms with Gasteiger partial charge in [0.1, 0.15) is 11.7 Å². The van der Waals surface area contributed by atoms with Gasteiger partial charge in [0.2, 0.25) is 5.91 Å². The SMILES string of the molecule is CC1CN(c2nc3c(cc2F)CC(C(=O)O)C(=O)N3C23CC(C2)C3)CCN1. The Labute approximate surface area is 156 Å². The molecular weight excluding hydrogens is 351 g/mol. The number of nitrogens with zero attached hydrogens (tertiary/aromatic N) is 3. The summed E-state index contributed by atoms with van der Waals surface area (Å²) in [4.78, 5) is 32.8. The fourth-order valence-electron chi connectivity index (χ4n) is 5.12. The van der Waals surface area contributed by atoms with Crippen LogP contribution in [-0.4, -0.2) is 53.2 Å². The predicted octanol–water partition coefficient (Wildman–Crippen LogP) is 1.16. The first kappa shape index (κ1) is 16.9. The number of carboxylic acids is 1. The second-order valence-electron chi connectivity index (χ2n) is 8.55. The highest BCUT2D eigenvalue weighted by molar-refractivity contribution is 6.08. The summed E-state index contributed by atoms with van der Waals surface area (Å²) in [5.41, 5.74) is 0.222. The number of hydrogen-bond acceptors (Lipinski definition) is 5. The quantitative estimate of drug-likeness (QED) is 0.773. The Kier molecular flexibility index (Phi) is 3.53. The number of aliphatic carboxylic acids is 1. The van der Waals surface area contributed by atoms with Crippen LogP contribution in [0.25, 0.3) is 0 Å². The van der Waals surface area contributed by atoms with Gasteiger partial charge in [-0.3, -0.25) is 14.5 Å². The van der Waals surface area contributed by atoms with Crippen molar-refractivity contribution in [2.24, 2.45) is 11.8 Å². The van der Waals surface area contributed by atoms with Gasteiger partial charge in [-0.2, -0.15) is 0 Å². The first-order valence-corrected chi connectivity index (χ1v) is 9.62. The summed E-state index contributed by atoms with van der Waals surface area (Å²) >= 11 is 0. The van der Waals surface area contributed by atoms with Crippen LogP contribution in [-0.2, 0) is 16.0 Å². The molecule has 5 aliphatic rings. The molecule has 3 saturated carbocycles. The minimum absolute atomic E-state index is 0.00165. The van der Waals surface area contributed by atoms with Gasteiger partial charge in [0.05, 0.1) is 5.54 Å². The summed E-state index contributed by atoms with van der Waals surface area (Å²) in [6, 6.07) is 1.62. The molecule has 2 unspecified atom stereocenters. The number of pyridine rings is 1. The van der Waals surface area contributed by atoms with Crippen molar-refractivity contribution in [3.8, 4) is 0 Å². The van der Waals surface area contributed by atoms with Crippen LogP contribution in [0.4, 0.5) is 16.0 Å². The van der Waals surface area contributed by atoms with Gasteiger partial charge < -0.3 is 15.3 Å². The lowest BCUT2D eigenvalue weighted by molar-refractivity contribution is -0.148. The standard InChI is InChI=1S/C19H23FN4O3/c1-10-9-23(3-2-21-10)16-14(20)5-12-4-13(18(26)27)17(25)24(15(12)22-16)19-6-11(7-19)8-19/h5,10-11,13,21H,2-4,6-9H2,1H3,(H,26,27). The van der Waals surface area contributed by atoms with E-state index < -0.39 is 23.6 Å². The van der Waals surface area contributed by atoms with Crippen LogP contribution in [0, 0.1) is 17.7 Å². The van der Waals surface area contributed by atoms with E-state index in [0.717, 1.165) is 25.8 Å². The van der Waals surface area contributed by atoms with E-state index in [9.17, 15) is 19.1 Å². The van der Waals surface area contributed by atoms with Crippen molar-refractivity contribution in [1.82, 2.24) is 10.3 Å². The Bertz CT molecular complexity index is 827. The maximum Gasteiger partial charge on any atom is 0.316 e. The second-order valence-corrected chi connectivity index (χ2v) is 8.55. The van der Waals surface area contributed by atoms with Crippen molar-refractivity contribution in [3.63, 3.8) is 0 Å². The third-order valence-corrected chi connectivity index (χ3v) is 6.61. The van der Waals surface area contributed by atoms with Crippen LogP contribution in [0.15, 0.2) is 6.07 Å². The molecule has 2 bridgehead atoms. The van der Waals surface area contributed by atoms with Gasteiger partial charge >= 0.3 is 5.97 Å². The Morgan fingerprint density at radius 1 is 1.37 bits per heavy atom. The molecule has 1 aromatic heterocycles. The molecule has 2 aliphatic heterocycles. The molecule has 144 valence electrons. The Morgan fingerprint density at radius 3 is 2.70 bits per heavy atom. The number of nitrogens with one attached hydrogen (secondary N) is 1. The van der Waals surface area contributed by atoms with Gasteiger partial charge in [-0.1, -0.05) is 0 Å². The van der Waals surface area contributed by atoms with Crippen molar-refractivity contribution < 1.29 is 19.1 Å². The number of amides is 1. The number of piperazine rings is 1. The highest BCUT2D eigenvalue weighted by Gasteiger charge is 2.64. The lowest BCUT2D eigenvalue weighted by atomic mass is 9.48. The largest absolute Gasteiger partial charge is 0.481 e. The Hall–Kier alpha value is -2.22. The number of carbonyl (C=O) groups excluding carboxylic acids is 1. The van der Waals surface area contributed by atoms with E-state index in [-0.39, 0.29) is 23.8 Å². The zero-order valence-corrected chi connectivity index (χ0v) is 15.2. The third kappa shape index (κ3) is 2.38. The smallest absolute Gasteiger partial charge is 0.316 e. The fourth-order valence-corrected chi connectivity index (χ4v) is 5.12. The molecule has 4 fully saturated rings. The summed E-state index contributed by atoms with van der Waals surface area (Å²) in [5.74, 6) is -1.79. The Morgan fingerprint density at radius 2 is 2.11 bits per heavy atom. The van der Waals surface area contributed by atoms with E-state index in [2.05, 4.69) is 10.3 Å². The van der Waals surface area contributed by atoms with E-state index >= 15 is 0 Å². The van der Waals surface area contributed by atoms with Crippen LogP contribution in [0.3, 0.4) is 0 Å². The molecule has 0 aromatic carbocycles. The minimum atomic E-state index is -1.15. The number of anilines is 2. The van der Waals surface area contributed by atoms with Crippen LogP contribution < -0.4 is 15.1 Å². The summed E-state index contributed by atoms with van der Waals surface area (Å²) in [7, 11) is 0. The average molecular weight is 374 g/mol. The van der Waals surface area contributed by atoms with Crippen molar-refractivity contribution >= 4 is 23.5 Å². The summed E-state index contributed by atoms with van der Waals surface area (Å²) in [6.45, 7) is 4.07. The number of rotatable bonds is 3. The molecule has 8 heteroatoms. The zero-order chi connectivity index (χ0) is 18.9. The average Bonchev–Trinajstić information content (AvgIpc) is 2.53. The number of carboxylic acid groups (broad SMARTS) is 1. The van der Waals surface area contributed by atoms with Crippen molar-refractivity contribution in [3.05, 3.63) is 17.4 Å². The maximum atomic E-state index is 14.9. The van der Waals surface area contributed by atoms with Crippen LogP contribution in [0.1, 0.15) is 31.7 Å². The van der Waals surface area contributed by atoms with Gasteiger partial charge in [-0.05, 0) is 50.2 Å². The predicted molar refractivity (Wildman–Crippen MR) is 96.3 cm³/mol. The lowest BCUT2D eigenvalue weighted by Crippen LogP contribution is -2.72. The highest BCUT2D eigenvalue weighted by atomic mass is 19.1. The summed E-state index contributed by atoms with van der Waals surface area (Å²) in [5, 5.41) is 12.8. The molecule has 3 heterocycles. The molecule has 2 atom stereocenters. The topological polar surface area (TPSA) is 85.8 Å². The van der Waals surface area contributed by atoms with Crippen molar-refractivity contribution in [2.45, 2.75) is 44.2 Å². The van der Waals surface area contributed by atoms with Gasteiger partial charge in [0, 0.05) is 25.7 Å². The van der Waals surface area contributed by atoms with E-state index in [1.54, 1.807) is 4.90 Å². The van der Waals surface area contributed by atoms with E-state index in [1.807, 2.05) is 11.8 Å². The third-order valence-electron chi connectivity index (χ3n) is 6.61. The van der Waals surface area contributed by atoms with Gasteiger partial charge in [0.15, 0.2) is 11.6 Å². The normalized spacial score (nSPS) is 34.6. The molecule has 7 nitrogen and oxygen atoms in total. The monoisotopic (exact) mass is 374 g/mol. The van der Waals surface area contributed by atoms with Crippen LogP contribution >= 0.6 is 0 Å². The van der Waals surface area contributed by atoms with Gasteiger partial charge in [-0.15, -0.1) is 0 Å². The molecule has 0 radical (unpaired) electrons. The number of halogens is 1. The lowest BCUT2D eigenvalue weighted by Gasteiger charge is -2.66. The molecule has 1 saturated heterocycles. The summed E-state index contributed by atoms with van der Waals surface area (Å²) < 4.78 is 14.9. The maximum absolute atomic E-state index is 14.9. The molecule has 3 aliphatic carbocycles. The van der Waals surface area contributed by atoms with Gasteiger partial charge in [-0.25, -0.2) is 9.37 Å². The minimum Gasteiger partial charge on any atom is -0.481 e. The molecule has 6 rings (SSSR count). The number of aromatic nitrogens is 1. The number of carbonyl (C=O) groups is 2. The number of fused-ring (bicyclic) bond motifs is 1. The second kappa shape index (κ2) is 5.64. The number of hydrogen-bond donors (Lipinski definition) is 2. The molecule has 1 aromatic rings. The Balaban J connectivity index is 1.58. The molecule has 1 amide bonds. The zero-order valence-electron chi connectivity index (χ0n) is 15.2. The van der Waals surface area contributed by atoms with Gasteiger partial charge in [0.25, 0.3) is 0 Å². The van der Waals surface area contributed by atoms with E-state index in [4.69, 9.17) is 0 Å². The van der Waals surface area contributed by atoms with Crippen molar-refractivity contribution in [2.75, 3.05) is 29.4 Å². The van der Waals surface area contributed by atoms with E-state index in [1.165, 1.54) is 6.07 Å². The van der Waals surface area contributed by atoms with Crippen LogP contribution in [0.2, 0.25) is 0 Å². The highest BCUT2D eigenvalue weighted by Crippen LogP contribution is 2.62. The molecule has 0 spiro atoms. The van der Waals surface area contributed by atoms with Crippen LogP contribution in [0.5, 0.6) is 0 Å². The summed E-state index contributed by atoms with van der Waals surface area (Å²) in [6.07, 6.45) is 2.68. The fraction of sp³-hybridized carbons (Fsp3) is 0.632. The van der Waals surface area contributed by atoms with E-state index in [0.29, 0.717) is 30.4 Å². The molecule has 27 heavy (non-hydrogen) atoms. The van der Waals surface area contributed by atoms with Crippen molar-refractivity contribution in [1.29, 1.82) is 0 Å². The molecular formula is C19H23FN4O3. The molecule has 2 N–H and O–H groups in total. The first-order valence-electron chi connectivity index (χ1n) is 9.62. The first-order chi connectivity index (χ1) is 12.9.